The third-order valence-electron chi connectivity index (χ3n) is 13.9. The van der Waals surface area contributed by atoms with Crippen LogP contribution in [0.5, 0.6) is 0 Å². The standard InChI is InChI=1S/C62H111NO10/c1-4-7-10-13-16-19-22-25-27-29-31-34-37-40-43-46-49-55(66)61(70)63-53(54(65)48-45-42-39-36-33-30-24-21-18-15-12-9-6-3)52-71-62-60(59(69)58(68)56(51-64)72-62)73-57(67)50-47-44-41-38-35-32-28-26-23-20-17-14-11-8-5-2/h16,19-20,23,25,27,31,34,45,48,53-56,58-60,62,64-66,68-69H,4-15,17-18,21-22,24,26,28-30,32-33,35-44,46-47,49-52H2,1-3H3,(H,63,70)/b19-16-,23-20-,27-25-,34-31-,48-45+. The molecule has 8 unspecified atom stereocenters. The summed E-state index contributed by atoms with van der Waals surface area (Å²) in [5.74, 6) is -1.22. The second kappa shape index (κ2) is 50.2. The van der Waals surface area contributed by atoms with E-state index in [0.717, 1.165) is 89.9 Å². The van der Waals surface area contributed by atoms with Crippen LogP contribution >= 0.6 is 0 Å². The minimum absolute atomic E-state index is 0.115. The number of aliphatic hydroxyl groups excluding tert-OH is 5. The number of ether oxygens (including phenoxy) is 3. The molecule has 0 spiro atoms. The molecule has 6 N–H and O–H groups in total. The molecule has 1 saturated heterocycles. The van der Waals surface area contributed by atoms with Crippen LogP contribution < -0.4 is 5.32 Å². The van der Waals surface area contributed by atoms with Crippen molar-refractivity contribution in [2.24, 2.45) is 0 Å². The van der Waals surface area contributed by atoms with E-state index >= 15 is 0 Å². The van der Waals surface area contributed by atoms with Crippen LogP contribution in [0.3, 0.4) is 0 Å². The normalized spacial score (nSPS) is 19.8. The molecule has 0 aromatic heterocycles. The lowest BCUT2D eigenvalue weighted by atomic mass is 9.99. The molecule has 0 bridgehead atoms. The fourth-order valence-electron chi connectivity index (χ4n) is 9.06. The highest BCUT2D eigenvalue weighted by Gasteiger charge is 2.47. The SMILES string of the molecule is CCCCC/C=C\C/C=C\C/C=C\CCCCCC(O)C(=O)NC(COC1OC(CO)C(O)C(O)C1OC(=O)CCCCCCCCC/C=C\CCCCCC)C(O)/C=C/CCCCCCCCCCCCC. The summed E-state index contributed by atoms with van der Waals surface area (Å²) in [5.41, 5.74) is 0. The number of carbonyl (C=O) groups excluding carboxylic acids is 2. The summed E-state index contributed by atoms with van der Waals surface area (Å²) in [6.45, 7) is 5.73. The first-order chi connectivity index (χ1) is 35.7. The van der Waals surface area contributed by atoms with E-state index in [1.165, 1.54) is 122 Å². The molecule has 1 amide bonds. The Morgan fingerprint density at radius 2 is 0.945 bits per heavy atom. The van der Waals surface area contributed by atoms with Gasteiger partial charge in [0, 0.05) is 6.42 Å². The van der Waals surface area contributed by atoms with Gasteiger partial charge < -0.3 is 45.1 Å². The number of carbonyl (C=O) groups is 2. The van der Waals surface area contributed by atoms with Gasteiger partial charge in [-0.05, 0) is 89.9 Å². The van der Waals surface area contributed by atoms with E-state index in [1.807, 2.05) is 6.08 Å². The molecule has 8 atom stereocenters. The summed E-state index contributed by atoms with van der Waals surface area (Å²) >= 11 is 0. The first-order valence-corrected chi connectivity index (χ1v) is 30.1. The van der Waals surface area contributed by atoms with Gasteiger partial charge in [0.25, 0.3) is 0 Å². The molecular weight excluding hydrogens is 919 g/mol. The molecule has 0 saturated carbocycles. The van der Waals surface area contributed by atoms with Crippen molar-refractivity contribution in [1.82, 2.24) is 5.32 Å². The molecule has 1 aliphatic rings. The van der Waals surface area contributed by atoms with Crippen molar-refractivity contribution in [3.63, 3.8) is 0 Å². The molecule has 1 heterocycles. The molecule has 0 aromatic carbocycles. The van der Waals surface area contributed by atoms with E-state index in [1.54, 1.807) is 6.08 Å². The van der Waals surface area contributed by atoms with Gasteiger partial charge >= 0.3 is 5.97 Å². The maximum Gasteiger partial charge on any atom is 0.306 e. The number of hydrogen-bond donors (Lipinski definition) is 6. The van der Waals surface area contributed by atoms with Crippen molar-refractivity contribution < 1.29 is 49.3 Å². The van der Waals surface area contributed by atoms with Crippen molar-refractivity contribution >= 4 is 11.9 Å². The molecule has 1 fully saturated rings. The van der Waals surface area contributed by atoms with Gasteiger partial charge in [-0.2, -0.15) is 0 Å². The summed E-state index contributed by atoms with van der Waals surface area (Å²) in [4.78, 5) is 26.5. The Morgan fingerprint density at radius 3 is 1.47 bits per heavy atom. The zero-order valence-electron chi connectivity index (χ0n) is 46.7. The van der Waals surface area contributed by atoms with Crippen molar-refractivity contribution in [3.8, 4) is 0 Å². The zero-order valence-corrected chi connectivity index (χ0v) is 46.7. The van der Waals surface area contributed by atoms with Crippen LogP contribution in [0.25, 0.3) is 0 Å². The molecule has 424 valence electrons. The molecule has 73 heavy (non-hydrogen) atoms. The van der Waals surface area contributed by atoms with Gasteiger partial charge in [0.1, 0.15) is 24.4 Å². The third kappa shape index (κ3) is 38.5. The Balaban J connectivity index is 2.75. The molecular formula is C62H111NO10. The number of rotatable bonds is 50. The Kier molecular flexibility index (Phi) is 47.0. The molecule has 1 aliphatic heterocycles. The van der Waals surface area contributed by atoms with Crippen LogP contribution in [0.2, 0.25) is 0 Å². The summed E-state index contributed by atoms with van der Waals surface area (Å²) in [6, 6.07) is -1.04. The minimum Gasteiger partial charge on any atom is -0.454 e. The van der Waals surface area contributed by atoms with Crippen molar-refractivity contribution in [2.75, 3.05) is 13.2 Å². The van der Waals surface area contributed by atoms with Gasteiger partial charge in [-0.3, -0.25) is 9.59 Å². The smallest absolute Gasteiger partial charge is 0.306 e. The fourth-order valence-corrected chi connectivity index (χ4v) is 9.06. The average Bonchev–Trinajstić information content (AvgIpc) is 3.39. The number of amides is 1. The number of allylic oxidation sites excluding steroid dienone is 9. The van der Waals surface area contributed by atoms with Gasteiger partial charge in [0.2, 0.25) is 5.91 Å². The van der Waals surface area contributed by atoms with E-state index in [-0.39, 0.29) is 19.4 Å². The van der Waals surface area contributed by atoms with E-state index in [2.05, 4.69) is 74.7 Å². The van der Waals surface area contributed by atoms with Gasteiger partial charge in [-0.1, -0.05) is 223 Å². The second-order valence-corrected chi connectivity index (χ2v) is 20.7. The number of nitrogens with one attached hydrogen (secondary N) is 1. The molecule has 1 rings (SSSR count). The molecule has 11 heteroatoms. The van der Waals surface area contributed by atoms with Crippen molar-refractivity contribution in [3.05, 3.63) is 60.8 Å². The fraction of sp³-hybridized carbons (Fsp3) is 0.806. The first kappa shape index (κ1) is 68.4. The van der Waals surface area contributed by atoms with Gasteiger partial charge in [-0.15, -0.1) is 0 Å². The third-order valence-corrected chi connectivity index (χ3v) is 13.9. The number of unbranched alkanes of at least 4 members (excludes halogenated alkanes) is 28. The van der Waals surface area contributed by atoms with Crippen LogP contribution in [0.1, 0.15) is 258 Å². The Morgan fingerprint density at radius 1 is 0.534 bits per heavy atom. The summed E-state index contributed by atoms with van der Waals surface area (Å²) in [6.07, 6.45) is 51.1. The summed E-state index contributed by atoms with van der Waals surface area (Å²) in [7, 11) is 0. The van der Waals surface area contributed by atoms with Crippen LogP contribution in [0, 0.1) is 0 Å². The Bertz CT molecular complexity index is 1420. The maximum absolute atomic E-state index is 13.4. The molecule has 11 nitrogen and oxygen atoms in total. The van der Waals surface area contributed by atoms with E-state index < -0.39 is 67.4 Å². The highest BCUT2D eigenvalue weighted by molar-refractivity contribution is 5.80. The predicted molar refractivity (Wildman–Crippen MR) is 301 cm³/mol. The van der Waals surface area contributed by atoms with Gasteiger partial charge in [-0.25, -0.2) is 0 Å². The quantitative estimate of drug-likeness (QED) is 0.0195. The average molecular weight is 1030 g/mol. The summed E-state index contributed by atoms with van der Waals surface area (Å²) in [5, 5.41) is 56.9. The summed E-state index contributed by atoms with van der Waals surface area (Å²) < 4.78 is 17.6. The number of esters is 1. The van der Waals surface area contributed by atoms with Crippen LogP contribution in [-0.2, 0) is 23.8 Å². The van der Waals surface area contributed by atoms with Crippen LogP contribution in [-0.4, -0.2) is 99.6 Å². The minimum atomic E-state index is -1.62. The van der Waals surface area contributed by atoms with Crippen LogP contribution in [0.15, 0.2) is 60.8 Å². The van der Waals surface area contributed by atoms with E-state index in [9.17, 15) is 35.1 Å². The first-order valence-electron chi connectivity index (χ1n) is 30.1. The molecule has 0 aliphatic carbocycles. The van der Waals surface area contributed by atoms with Gasteiger partial charge in [0.15, 0.2) is 12.4 Å². The predicted octanol–water partition coefficient (Wildman–Crippen LogP) is 13.8. The van der Waals surface area contributed by atoms with Crippen LogP contribution in [0.4, 0.5) is 0 Å². The van der Waals surface area contributed by atoms with Crippen molar-refractivity contribution in [1.29, 1.82) is 0 Å². The lowest BCUT2D eigenvalue weighted by molar-refractivity contribution is -0.305. The highest BCUT2D eigenvalue weighted by Crippen LogP contribution is 2.26. The molecule has 0 aromatic rings. The number of hydrogen-bond acceptors (Lipinski definition) is 10. The topological polar surface area (TPSA) is 175 Å². The maximum atomic E-state index is 13.4. The van der Waals surface area contributed by atoms with Gasteiger partial charge in [0.05, 0.1) is 25.4 Å². The Hall–Kier alpha value is -2.64. The molecule has 0 radical (unpaired) electrons. The van der Waals surface area contributed by atoms with E-state index in [4.69, 9.17) is 14.2 Å². The zero-order chi connectivity index (χ0) is 53.3. The monoisotopic (exact) mass is 1030 g/mol. The van der Waals surface area contributed by atoms with Crippen molar-refractivity contribution in [2.45, 2.75) is 307 Å². The lowest BCUT2D eigenvalue weighted by Crippen LogP contribution is -2.61. The second-order valence-electron chi connectivity index (χ2n) is 20.7. The largest absolute Gasteiger partial charge is 0.454 e. The lowest BCUT2D eigenvalue weighted by Gasteiger charge is -2.41. The van der Waals surface area contributed by atoms with E-state index in [0.29, 0.717) is 12.8 Å². The highest BCUT2D eigenvalue weighted by atomic mass is 16.7. The Labute approximate surface area is 446 Å². The number of aliphatic hydroxyl groups is 5.